The highest BCUT2D eigenvalue weighted by atomic mass is 19.1. The third-order valence-corrected chi connectivity index (χ3v) is 3.77. The molecule has 21 heavy (non-hydrogen) atoms. The van der Waals surface area contributed by atoms with Gasteiger partial charge in [-0.2, -0.15) is 0 Å². The van der Waals surface area contributed by atoms with Crippen molar-refractivity contribution in [3.8, 4) is 0 Å². The van der Waals surface area contributed by atoms with Crippen LogP contribution in [0.5, 0.6) is 0 Å². The van der Waals surface area contributed by atoms with E-state index in [1.165, 1.54) is 4.90 Å². The van der Waals surface area contributed by atoms with Gasteiger partial charge >= 0.3 is 0 Å². The maximum Gasteiger partial charge on any atom is 0.272 e. The number of hydrogen-bond acceptors (Lipinski definition) is 4. The van der Waals surface area contributed by atoms with Crippen molar-refractivity contribution in [2.75, 3.05) is 7.05 Å². The van der Waals surface area contributed by atoms with E-state index in [1.807, 2.05) is 0 Å². The zero-order chi connectivity index (χ0) is 15.6. The van der Waals surface area contributed by atoms with Crippen LogP contribution in [0.2, 0.25) is 0 Å². The third kappa shape index (κ3) is 3.24. The molecule has 0 heterocycles. The van der Waals surface area contributed by atoms with Crippen molar-refractivity contribution in [3.05, 3.63) is 39.7 Å². The first-order chi connectivity index (χ1) is 9.90. The van der Waals surface area contributed by atoms with Gasteiger partial charge in [-0.1, -0.05) is 0 Å². The van der Waals surface area contributed by atoms with Gasteiger partial charge in [-0.25, -0.2) is 4.39 Å². The molecule has 1 fully saturated rings. The Hall–Kier alpha value is -2.31. The molecular weight excluding hydrogens is 279 g/mol. The van der Waals surface area contributed by atoms with Gasteiger partial charge in [-0.15, -0.1) is 0 Å². The van der Waals surface area contributed by atoms with Crippen molar-refractivity contribution in [1.29, 1.82) is 0 Å². The minimum atomic E-state index is -0.909. The van der Waals surface area contributed by atoms with E-state index in [9.17, 15) is 24.1 Å². The third-order valence-electron chi connectivity index (χ3n) is 3.77. The summed E-state index contributed by atoms with van der Waals surface area (Å²) in [5.74, 6) is -1.26. The first kappa shape index (κ1) is 15.1. The average molecular weight is 294 g/mol. The summed E-state index contributed by atoms with van der Waals surface area (Å²) in [4.78, 5) is 34.7. The molecule has 0 atom stereocenters. The zero-order valence-electron chi connectivity index (χ0n) is 11.5. The molecule has 7 heteroatoms. The van der Waals surface area contributed by atoms with Crippen LogP contribution in [0.1, 0.15) is 36.0 Å². The van der Waals surface area contributed by atoms with Gasteiger partial charge in [-0.05, 0) is 18.9 Å². The van der Waals surface area contributed by atoms with E-state index in [1.54, 1.807) is 7.05 Å². The van der Waals surface area contributed by atoms with Crippen molar-refractivity contribution >= 4 is 17.4 Å². The van der Waals surface area contributed by atoms with Crippen LogP contribution in [0.25, 0.3) is 0 Å². The summed E-state index contributed by atoms with van der Waals surface area (Å²) in [5, 5.41) is 10.6. The number of amides is 1. The van der Waals surface area contributed by atoms with Crippen LogP contribution in [0.15, 0.2) is 18.2 Å². The van der Waals surface area contributed by atoms with Gasteiger partial charge in [0.15, 0.2) is 0 Å². The molecule has 0 aliphatic heterocycles. The Labute approximate surface area is 120 Å². The first-order valence-electron chi connectivity index (χ1n) is 6.63. The van der Waals surface area contributed by atoms with Gasteiger partial charge in [0.1, 0.15) is 11.6 Å². The zero-order valence-corrected chi connectivity index (χ0v) is 11.5. The molecule has 1 aromatic rings. The van der Waals surface area contributed by atoms with Crippen LogP contribution in [0.4, 0.5) is 10.1 Å². The maximum atomic E-state index is 13.8. The average Bonchev–Trinajstić information content (AvgIpc) is 2.46. The highest BCUT2D eigenvalue weighted by Gasteiger charge is 2.27. The molecule has 0 saturated heterocycles. The molecule has 0 radical (unpaired) electrons. The lowest BCUT2D eigenvalue weighted by Gasteiger charge is -2.30. The highest BCUT2D eigenvalue weighted by Crippen LogP contribution is 2.23. The fraction of sp³-hybridized carbons (Fsp3) is 0.429. The van der Waals surface area contributed by atoms with Crippen molar-refractivity contribution in [1.82, 2.24) is 4.90 Å². The molecule has 6 nitrogen and oxygen atoms in total. The number of carbonyl (C=O) groups excluding carboxylic acids is 2. The molecule has 0 spiro atoms. The number of rotatable bonds is 3. The number of carbonyl (C=O) groups is 2. The number of nitro groups is 1. The fourth-order valence-corrected chi connectivity index (χ4v) is 2.46. The summed E-state index contributed by atoms with van der Waals surface area (Å²) in [5.41, 5.74) is -0.588. The molecule has 1 aliphatic rings. The smallest absolute Gasteiger partial charge is 0.272 e. The Morgan fingerprint density at radius 1 is 1.38 bits per heavy atom. The molecule has 112 valence electrons. The number of benzene rings is 1. The number of hydrogen-bond donors (Lipinski definition) is 0. The Kier molecular flexibility index (Phi) is 4.30. The van der Waals surface area contributed by atoms with Crippen LogP contribution < -0.4 is 0 Å². The van der Waals surface area contributed by atoms with E-state index in [0.29, 0.717) is 25.7 Å². The van der Waals surface area contributed by atoms with Gasteiger partial charge < -0.3 is 4.90 Å². The molecule has 1 aliphatic carbocycles. The first-order valence-corrected chi connectivity index (χ1v) is 6.63. The minimum Gasteiger partial charge on any atom is -0.339 e. The van der Waals surface area contributed by atoms with E-state index in [0.717, 1.165) is 18.2 Å². The summed E-state index contributed by atoms with van der Waals surface area (Å²) in [6.07, 6.45) is 1.97. The number of non-ortho nitro benzene ring substituents is 1. The van der Waals surface area contributed by atoms with Crippen LogP contribution in [-0.4, -0.2) is 34.6 Å². The topological polar surface area (TPSA) is 80.5 Å². The van der Waals surface area contributed by atoms with E-state index in [4.69, 9.17) is 0 Å². The fourth-order valence-electron chi connectivity index (χ4n) is 2.46. The molecule has 1 saturated carbocycles. The predicted octanol–water partition coefficient (Wildman–Crippen LogP) is 2.32. The van der Waals surface area contributed by atoms with Gasteiger partial charge in [0.25, 0.3) is 11.6 Å². The SMILES string of the molecule is CN(C(=O)c1ccc([N+](=O)[O-])cc1F)C1CCC(=O)CC1. The standard InChI is InChI=1S/C14H15FN2O4/c1-16(9-2-5-11(18)6-3-9)14(19)12-7-4-10(17(20)21)8-13(12)15/h4,7-9H,2-3,5-6H2,1H3. The molecule has 1 aromatic carbocycles. The molecule has 1 amide bonds. The molecule has 0 N–H and O–H groups in total. The highest BCUT2D eigenvalue weighted by molar-refractivity contribution is 5.95. The Morgan fingerprint density at radius 2 is 2.00 bits per heavy atom. The van der Waals surface area contributed by atoms with Crippen molar-refractivity contribution in [3.63, 3.8) is 0 Å². The Balaban J connectivity index is 2.15. The second-order valence-corrected chi connectivity index (χ2v) is 5.11. The summed E-state index contributed by atoms with van der Waals surface area (Å²) in [6, 6.07) is 2.87. The van der Waals surface area contributed by atoms with Gasteiger partial charge in [0, 0.05) is 32.0 Å². The molecular formula is C14H15FN2O4. The van der Waals surface area contributed by atoms with E-state index >= 15 is 0 Å². The van der Waals surface area contributed by atoms with Crippen LogP contribution in [-0.2, 0) is 4.79 Å². The van der Waals surface area contributed by atoms with E-state index < -0.39 is 22.3 Å². The summed E-state index contributed by atoms with van der Waals surface area (Å²) < 4.78 is 13.8. The lowest BCUT2D eigenvalue weighted by Crippen LogP contribution is -2.39. The van der Waals surface area contributed by atoms with Crippen molar-refractivity contribution in [2.45, 2.75) is 31.7 Å². The number of Topliss-reactive ketones (excluding diaryl/α,β-unsaturated/α-hetero) is 1. The van der Waals surface area contributed by atoms with Crippen molar-refractivity contribution in [2.24, 2.45) is 0 Å². The van der Waals surface area contributed by atoms with Gasteiger partial charge in [0.05, 0.1) is 16.6 Å². The van der Waals surface area contributed by atoms with Crippen LogP contribution >= 0.6 is 0 Å². The molecule has 0 bridgehead atoms. The molecule has 0 aromatic heterocycles. The van der Waals surface area contributed by atoms with E-state index in [2.05, 4.69) is 0 Å². The van der Waals surface area contributed by atoms with Crippen LogP contribution in [0, 0.1) is 15.9 Å². The predicted molar refractivity (Wildman–Crippen MR) is 72.4 cm³/mol. The van der Waals surface area contributed by atoms with E-state index in [-0.39, 0.29) is 17.4 Å². The largest absolute Gasteiger partial charge is 0.339 e. The molecule has 2 rings (SSSR count). The summed E-state index contributed by atoms with van der Waals surface area (Å²) >= 11 is 0. The lowest BCUT2D eigenvalue weighted by atomic mass is 9.93. The monoisotopic (exact) mass is 294 g/mol. The number of nitro benzene ring substituents is 1. The summed E-state index contributed by atoms with van der Waals surface area (Å²) in [6.45, 7) is 0. The number of halogens is 1. The van der Waals surface area contributed by atoms with Gasteiger partial charge in [0.2, 0.25) is 0 Å². The number of ketones is 1. The second kappa shape index (κ2) is 5.99. The summed E-state index contributed by atoms with van der Waals surface area (Å²) in [7, 11) is 1.56. The Bertz CT molecular complexity index is 593. The van der Waals surface area contributed by atoms with Gasteiger partial charge in [-0.3, -0.25) is 19.7 Å². The number of nitrogens with zero attached hydrogens (tertiary/aromatic N) is 2. The normalized spacial score (nSPS) is 15.8. The minimum absolute atomic E-state index is 0.107. The van der Waals surface area contributed by atoms with Crippen molar-refractivity contribution < 1.29 is 18.9 Å². The lowest BCUT2D eigenvalue weighted by molar-refractivity contribution is -0.385. The Morgan fingerprint density at radius 3 is 2.52 bits per heavy atom. The van der Waals surface area contributed by atoms with Crippen LogP contribution in [0.3, 0.4) is 0 Å². The second-order valence-electron chi connectivity index (χ2n) is 5.11. The maximum absolute atomic E-state index is 13.8. The molecule has 0 unspecified atom stereocenters. The quantitative estimate of drug-likeness (QED) is 0.633.